The molecule has 0 aliphatic heterocycles. The van der Waals surface area contributed by atoms with Crippen molar-refractivity contribution < 1.29 is 24.6 Å². The maximum atomic E-state index is 8.56. The first-order chi connectivity index (χ1) is 4.79. The van der Waals surface area contributed by atoms with Crippen LogP contribution in [0, 0.1) is 0 Å². The fraction of sp³-hybridized carbons (Fsp3) is 0.833. The molecule has 0 spiro atoms. The Balaban J connectivity index is -0.000000142. The Bertz CT molecular complexity index is 109. The summed E-state index contributed by atoms with van der Waals surface area (Å²) in [6.45, 7) is 1.11. The van der Waals surface area contributed by atoms with Gasteiger partial charge >= 0.3 is 43.9 Å². The van der Waals surface area contributed by atoms with Gasteiger partial charge in [-0.3, -0.25) is 0 Å². The molecule has 0 fully saturated rings. The van der Waals surface area contributed by atoms with E-state index in [1.165, 1.54) is 0 Å². The van der Waals surface area contributed by atoms with Crippen molar-refractivity contribution in [1.29, 1.82) is 0 Å². The summed E-state index contributed by atoms with van der Waals surface area (Å²) in [5.41, 5.74) is 0. The normalized spacial score (nSPS) is 9.00. The first-order valence-electron chi connectivity index (χ1n) is 3.13. The van der Waals surface area contributed by atoms with E-state index in [1.807, 2.05) is 0 Å². The van der Waals surface area contributed by atoms with Crippen LogP contribution in [0.2, 0.25) is 0 Å². The van der Waals surface area contributed by atoms with Gasteiger partial charge in [0, 0.05) is 0 Å². The van der Waals surface area contributed by atoms with Gasteiger partial charge in [0.25, 0.3) is 0 Å². The molecule has 0 saturated carbocycles. The molecule has 0 aromatic rings. The quantitative estimate of drug-likeness (QED) is 0.401. The molecule has 0 radical (unpaired) electrons. The minimum atomic E-state index is -1.83. The Morgan fingerprint density at radius 3 is 1.50 bits per heavy atom. The van der Waals surface area contributed by atoms with Gasteiger partial charge in [-0.2, -0.15) is 0 Å². The molecule has 12 heavy (non-hydrogen) atoms. The molecule has 0 aromatic heterocycles. The van der Waals surface area contributed by atoms with E-state index in [1.54, 1.807) is 0 Å². The van der Waals surface area contributed by atoms with Crippen LogP contribution in [0.5, 0.6) is 0 Å². The van der Waals surface area contributed by atoms with Crippen LogP contribution in [0.25, 0.3) is 0 Å². The van der Waals surface area contributed by atoms with Gasteiger partial charge in [0.15, 0.2) is 0 Å². The van der Waals surface area contributed by atoms with E-state index in [0.717, 1.165) is 11.0 Å². The van der Waals surface area contributed by atoms with Crippen molar-refractivity contribution in [3.63, 3.8) is 0 Å². The molecule has 0 bridgehead atoms. The fourth-order valence-corrected chi connectivity index (χ4v) is 0.300. The number of rotatable bonds is 2. The van der Waals surface area contributed by atoms with Gasteiger partial charge in [0.2, 0.25) is 0 Å². The van der Waals surface area contributed by atoms with Crippen LogP contribution < -0.4 is 0 Å². The van der Waals surface area contributed by atoms with Crippen molar-refractivity contribution in [3.8, 4) is 0 Å². The predicted molar refractivity (Wildman–Crippen MR) is 49.2 cm³/mol. The number of likely N-dealkylation sites (N-methyl/N-ethyl adjacent to an activating group) is 1. The molecule has 0 saturated heterocycles. The summed E-state index contributed by atoms with van der Waals surface area (Å²) in [5, 5.41) is 22.3. The molecule has 0 aromatic carbocycles. The summed E-state index contributed by atoms with van der Waals surface area (Å²) in [6, 6.07) is 0. The van der Waals surface area contributed by atoms with Gasteiger partial charge in [0.1, 0.15) is 6.54 Å². The van der Waals surface area contributed by atoms with Crippen molar-refractivity contribution in [2.75, 3.05) is 34.3 Å². The van der Waals surface area contributed by atoms with E-state index in [0.29, 0.717) is 0 Å². The molecule has 6 heteroatoms. The van der Waals surface area contributed by atoms with Gasteiger partial charge in [-0.15, -0.1) is 0 Å². The van der Waals surface area contributed by atoms with Gasteiger partial charge in [0.05, 0.1) is 27.7 Å². The molecule has 0 aliphatic carbocycles. The molecule has 5 nitrogen and oxygen atoms in total. The number of nitrogens with zero attached hydrogens (tertiary/aromatic N) is 1. The van der Waals surface area contributed by atoms with Crippen molar-refractivity contribution in [1.82, 2.24) is 0 Å². The summed E-state index contributed by atoms with van der Waals surface area (Å²) in [4.78, 5) is 8.56. The van der Waals surface area contributed by atoms with E-state index in [2.05, 4.69) is 21.1 Å². The Kier molecular flexibility index (Phi) is 14.5. The molecular weight excluding hydrogens is 190 g/mol. The number of aliphatic hydroxyl groups excluding tert-OH is 1. The van der Waals surface area contributed by atoms with Gasteiger partial charge in [-0.1, -0.05) is 0 Å². The van der Waals surface area contributed by atoms with Crippen LogP contribution >= 0.6 is 0 Å². The number of aliphatic hydroxyl groups is 1. The van der Waals surface area contributed by atoms with Crippen LogP contribution in [-0.2, 0) is 0 Å². The van der Waals surface area contributed by atoms with E-state index < -0.39 is 6.16 Å². The first-order valence-corrected chi connectivity index (χ1v) is 3.13. The number of carbonyl (C=O) groups is 1. The standard InChI is InChI=1S/C5H14NO.CH2O3.Ca.2H/c1-6(2,3)4-5-7;2-1(3)4;;;/h7H,4-5H2,1-3H3;(H2,2,3,4);;;/q+1;;;;. The average molecular weight is 208 g/mol. The fourth-order valence-electron chi connectivity index (χ4n) is 0.300. The summed E-state index contributed by atoms with van der Waals surface area (Å²) < 4.78 is 0.844. The van der Waals surface area contributed by atoms with E-state index in [9.17, 15) is 0 Å². The predicted octanol–water partition coefficient (Wildman–Crippen LogP) is -1.01. The van der Waals surface area contributed by atoms with Crippen molar-refractivity contribution in [2.24, 2.45) is 0 Å². The van der Waals surface area contributed by atoms with Crippen molar-refractivity contribution >= 4 is 43.9 Å². The molecule has 3 N–H and O–H groups in total. The number of hydrogen-bond acceptors (Lipinski definition) is 2. The van der Waals surface area contributed by atoms with E-state index in [-0.39, 0.29) is 44.3 Å². The number of carboxylic acid groups (broad SMARTS) is 2. The third-order valence-corrected chi connectivity index (χ3v) is 0.771. The maximum absolute atomic E-state index is 8.56. The first kappa shape index (κ1) is 18.3. The molecule has 0 rings (SSSR count). The van der Waals surface area contributed by atoms with Crippen molar-refractivity contribution in [2.45, 2.75) is 0 Å². The molecule has 0 heterocycles. The van der Waals surface area contributed by atoms with Crippen LogP contribution in [0.4, 0.5) is 4.79 Å². The van der Waals surface area contributed by atoms with Crippen LogP contribution in [0.3, 0.4) is 0 Å². The third kappa shape index (κ3) is 47.1. The van der Waals surface area contributed by atoms with Gasteiger partial charge < -0.3 is 19.8 Å². The Hall–Kier alpha value is 0.450. The molecular formula is C6H18CaNO4+. The summed E-state index contributed by atoms with van der Waals surface area (Å²) in [5.74, 6) is 0. The number of quaternary nitrogens is 1. The van der Waals surface area contributed by atoms with Crippen LogP contribution in [-0.4, -0.2) is 98.0 Å². The zero-order valence-electron chi connectivity index (χ0n) is 7.11. The van der Waals surface area contributed by atoms with Crippen LogP contribution in [0.1, 0.15) is 0 Å². The van der Waals surface area contributed by atoms with E-state index >= 15 is 0 Å². The monoisotopic (exact) mass is 208 g/mol. The van der Waals surface area contributed by atoms with Crippen molar-refractivity contribution in [3.05, 3.63) is 0 Å². The second-order valence-corrected chi connectivity index (χ2v) is 3.02. The summed E-state index contributed by atoms with van der Waals surface area (Å²) in [7, 11) is 6.16. The molecule has 0 unspecified atom stereocenters. The Labute approximate surface area is 102 Å². The zero-order chi connectivity index (χ0) is 9.49. The summed E-state index contributed by atoms with van der Waals surface area (Å²) in [6.07, 6.45) is -1.83. The molecule has 72 valence electrons. The average Bonchev–Trinajstić information content (AvgIpc) is 1.58. The molecule has 0 amide bonds. The second kappa shape index (κ2) is 9.54. The number of hydrogen-bond donors (Lipinski definition) is 3. The SMILES string of the molecule is C[N+](C)(C)CCO.O=C(O)O.[CaH2]. The topological polar surface area (TPSA) is 77.8 Å². The minimum absolute atomic E-state index is 0. The second-order valence-electron chi connectivity index (χ2n) is 3.02. The third-order valence-electron chi connectivity index (χ3n) is 0.771. The summed E-state index contributed by atoms with van der Waals surface area (Å²) >= 11 is 0. The molecule has 0 aliphatic rings. The van der Waals surface area contributed by atoms with E-state index in [4.69, 9.17) is 20.1 Å². The Morgan fingerprint density at radius 1 is 1.25 bits per heavy atom. The van der Waals surface area contributed by atoms with Crippen LogP contribution in [0.15, 0.2) is 0 Å². The Morgan fingerprint density at radius 2 is 1.50 bits per heavy atom. The van der Waals surface area contributed by atoms with Gasteiger partial charge in [-0.05, 0) is 0 Å². The zero-order valence-corrected chi connectivity index (χ0v) is 7.11. The van der Waals surface area contributed by atoms with Gasteiger partial charge in [-0.25, -0.2) is 4.79 Å². The molecule has 0 atom stereocenters.